The molecule has 0 unspecified atom stereocenters. The standard InChI is InChI=1S/C27H35N5O6Si/c1-27(2,3)39(6,7)38-22-21(36-5)18(13-14-19(33)35-4)37-26(22)32-16-30-20-23(28-15-29-24(20)32)31-25(34)17-11-9-8-10-12-17/h8-16,18,21-22,26H,1-7H3,(H,28,29,31,34)/t18-,21-,22-,26-/m1/s1. The summed E-state index contributed by atoms with van der Waals surface area (Å²) < 4.78 is 25.7. The van der Waals surface area contributed by atoms with Gasteiger partial charge in [-0.3, -0.25) is 9.36 Å². The zero-order valence-corrected chi connectivity index (χ0v) is 24.2. The van der Waals surface area contributed by atoms with Gasteiger partial charge in [-0.2, -0.15) is 0 Å². The molecule has 1 aliphatic rings. The summed E-state index contributed by atoms with van der Waals surface area (Å²) in [5, 5.41) is 2.74. The molecular weight excluding hydrogens is 518 g/mol. The molecule has 1 aliphatic heterocycles. The predicted octanol–water partition coefficient (Wildman–Crippen LogP) is 4.11. The van der Waals surface area contributed by atoms with Gasteiger partial charge in [0, 0.05) is 18.7 Å². The van der Waals surface area contributed by atoms with Gasteiger partial charge in [0.1, 0.15) is 24.6 Å². The highest BCUT2D eigenvalue weighted by Crippen LogP contribution is 2.43. The maximum atomic E-state index is 12.8. The molecule has 1 saturated heterocycles. The van der Waals surface area contributed by atoms with E-state index in [1.807, 2.05) is 6.07 Å². The summed E-state index contributed by atoms with van der Waals surface area (Å²) in [6, 6.07) is 8.85. The number of fused-ring (bicyclic) bond motifs is 1. The van der Waals surface area contributed by atoms with E-state index in [9.17, 15) is 9.59 Å². The van der Waals surface area contributed by atoms with Crippen LogP contribution in [0.25, 0.3) is 11.2 Å². The molecular formula is C27H35N5O6Si. The molecule has 208 valence electrons. The first-order chi connectivity index (χ1) is 18.5. The van der Waals surface area contributed by atoms with Crippen molar-refractivity contribution in [3.63, 3.8) is 0 Å². The number of nitrogens with zero attached hydrogens (tertiary/aromatic N) is 4. The number of imidazole rings is 1. The van der Waals surface area contributed by atoms with Crippen LogP contribution in [0.3, 0.4) is 0 Å². The highest BCUT2D eigenvalue weighted by molar-refractivity contribution is 6.74. The fourth-order valence-corrected chi connectivity index (χ4v) is 5.38. The molecule has 0 bridgehead atoms. The van der Waals surface area contributed by atoms with Crippen LogP contribution in [0.15, 0.2) is 55.1 Å². The second kappa shape index (κ2) is 11.3. The van der Waals surface area contributed by atoms with Gasteiger partial charge in [0.15, 0.2) is 31.5 Å². The third-order valence-corrected chi connectivity index (χ3v) is 11.7. The van der Waals surface area contributed by atoms with Crippen molar-refractivity contribution < 1.29 is 28.2 Å². The molecule has 0 spiro atoms. The summed E-state index contributed by atoms with van der Waals surface area (Å²) in [4.78, 5) is 37.8. The van der Waals surface area contributed by atoms with Crippen molar-refractivity contribution in [1.82, 2.24) is 19.5 Å². The van der Waals surface area contributed by atoms with E-state index in [0.717, 1.165) is 0 Å². The van der Waals surface area contributed by atoms with Crippen LogP contribution in [0.5, 0.6) is 0 Å². The molecule has 0 radical (unpaired) electrons. The molecule has 3 aromatic rings. The lowest BCUT2D eigenvalue weighted by Crippen LogP contribution is -2.49. The Kier molecular flexibility index (Phi) is 8.30. The Bertz CT molecular complexity index is 1350. The van der Waals surface area contributed by atoms with Crippen LogP contribution in [0.4, 0.5) is 5.82 Å². The van der Waals surface area contributed by atoms with Gasteiger partial charge in [-0.05, 0) is 36.3 Å². The Balaban J connectivity index is 1.73. The lowest BCUT2D eigenvalue weighted by atomic mass is 10.1. The monoisotopic (exact) mass is 553 g/mol. The van der Waals surface area contributed by atoms with Crippen molar-refractivity contribution >= 4 is 37.2 Å². The van der Waals surface area contributed by atoms with Crippen LogP contribution in [0.1, 0.15) is 37.4 Å². The highest BCUT2D eigenvalue weighted by atomic mass is 28.4. The minimum Gasteiger partial charge on any atom is -0.466 e. The van der Waals surface area contributed by atoms with Gasteiger partial charge in [-0.15, -0.1) is 0 Å². The maximum absolute atomic E-state index is 12.8. The average molecular weight is 554 g/mol. The van der Waals surface area contributed by atoms with Gasteiger partial charge in [0.05, 0.1) is 13.4 Å². The molecule has 12 heteroatoms. The summed E-state index contributed by atoms with van der Waals surface area (Å²) >= 11 is 0. The van der Waals surface area contributed by atoms with Gasteiger partial charge in [-0.1, -0.05) is 39.0 Å². The summed E-state index contributed by atoms with van der Waals surface area (Å²) in [6.45, 7) is 10.8. The molecule has 0 saturated carbocycles. The second-order valence-electron chi connectivity index (χ2n) is 10.8. The molecule has 39 heavy (non-hydrogen) atoms. The lowest BCUT2D eigenvalue weighted by molar-refractivity contribution is -0.134. The summed E-state index contributed by atoms with van der Waals surface area (Å²) in [5.74, 6) is -0.537. The average Bonchev–Trinajstić information content (AvgIpc) is 3.48. The topological polar surface area (TPSA) is 127 Å². The first kappa shape index (κ1) is 28.6. The Hall–Kier alpha value is -3.45. The zero-order valence-electron chi connectivity index (χ0n) is 23.2. The number of aromatic nitrogens is 4. The third kappa shape index (κ3) is 5.93. The van der Waals surface area contributed by atoms with E-state index >= 15 is 0 Å². The van der Waals surface area contributed by atoms with Gasteiger partial charge < -0.3 is 24.0 Å². The summed E-state index contributed by atoms with van der Waals surface area (Å²) in [7, 11) is 0.599. The molecule has 4 rings (SSSR count). The van der Waals surface area contributed by atoms with Gasteiger partial charge in [-0.25, -0.2) is 19.7 Å². The minimum atomic E-state index is -2.30. The van der Waals surface area contributed by atoms with E-state index in [1.165, 1.54) is 19.5 Å². The Morgan fingerprint density at radius 2 is 1.79 bits per heavy atom. The lowest BCUT2D eigenvalue weighted by Gasteiger charge is -2.40. The number of hydrogen-bond acceptors (Lipinski definition) is 9. The Morgan fingerprint density at radius 3 is 2.44 bits per heavy atom. The number of carbonyl (C=O) groups excluding carboxylic acids is 2. The maximum Gasteiger partial charge on any atom is 0.330 e. The van der Waals surface area contributed by atoms with Crippen molar-refractivity contribution in [2.75, 3.05) is 19.5 Å². The van der Waals surface area contributed by atoms with Crippen molar-refractivity contribution in [3.8, 4) is 0 Å². The van der Waals surface area contributed by atoms with Crippen LogP contribution in [-0.2, 0) is 23.4 Å². The molecule has 3 heterocycles. The number of benzene rings is 1. The molecule has 0 aliphatic carbocycles. The number of anilines is 1. The molecule has 1 aromatic carbocycles. The van der Waals surface area contributed by atoms with Crippen LogP contribution in [0, 0.1) is 0 Å². The number of carbonyl (C=O) groups is 2. The smallest absolute Gasteiger partial charge is 0.330 e. The van der Waals surface area contributed by atoms with Gasteiger partial charge in [0.25, 0.3) is 5.91 Å². The van der Waals surface area contributed by atoms with E-state index in [2.05, 4.69) is 54.1 Å². The van der Waals surface area contributed by atoms with E-state index in [-0.39, 0.29) is 16.8 Å². The molecule has 1 fully saturated rings. The van der Waals surface area contributed by atoms with Crippen molar-refractivity contribution in [1.29, 1.82) is 0 Å². The van der Waals surface area contributed by atoms with Crippen LogP contribution in [0.2, 0.25) is 18.1 Å². The van der Waals surface area contributed by atoms with E-state index in [1.54, 1.807) is 48.3 Å². The first-order valence-electron chi connectivity index (χ1n) is 12.6. The van der Waals surface area contributed by atoms with Crippen molar-refractivity contribution in [3.05, 3.63) is 60.7 Å². The largest absolute Gasteiger partial charge is 0.466 e. The normalized spacial score (nSPS) is 21.9. The number of hydrogen-bond donors (Lipinski definition) is 1. The van der Waals surface area contributed by atoms with E-state index in [0.29, 0.717) is 16.7 Å². The van der Waals surface area contributed by atoms with Crippen LogP contribution in [-0.4, -0.2) is 72.2 Å². The predicted molar refractivity (Wildman–Crippen MR) is 148 cm³/mol. The van der Waals surface area contributed by atoms with E-state index < -0.39 is 38.8 Å². The van der Waals surface area contributed by atoms with Crippen molar-refractivity contribution in [2.45, 2.75) is 63.4 Å². The van der Waals surface area contributed by atoms with Crippen LogP contribution >= 0.6 is 0 Å². The third-order valence-electron chi connectivity index (χ3n) is 7.26. The molecule has 4 atom stereocenters. The number of rotatable bonds is 8. The van der Waals surface area contributed by atoms with Crippen molar-refractivity contribution in [2.24, 2.45) is 0 Å². The van der Waals surface area contributed by atoms with Crippen LogP contribution < -0.4 is 5.32 Å². The first-order valence-corrected chi connectivity index (χ1v) is 15.5. The fraction of sp³-hybridized carbons (Fsp3) is 0.444. The molecule has 1 amide bonds. The number of esters is 1. The number of nitrogens with one attached hydrogen (secondary N) is 1. The number of amides is 1. The fourth-order valence-electron chi connectivity index (χ4n) is 4.09. The Morgan fingerprint density at radius 1 is 1.08 bits per heavy atom. The van der Waals surface area contributed by atoms with Gasteiger partial charge >= 0.3 is 5.97 Å². The molecule has 2 aromatic heterocycles. The molecule has 1 N–H and O–H groups in total. The summed E-state index contributed by atoms with van der Waals surface area (Å²) in [6.07, 6.45) is 3.51. The van der Waals surface area contributed by atoms with E-state index in [4.69, 9.17) is 18.6 Å². The summed E-state index contributed by atoms with van der Waals surface area (Å²) in [5.41, 5.74) is 1.35. The highest BCUT2D eigenvalue weighted by Gasteiger charge is 2.51. The second-order valence-corrected chi connectivity index (χ2v) is 15.5. The Labute approximate surface area is 228 Å². The number of ether oxygens (including phenoxy) is 3. The van der Waals surface area contributed by atoms with Gasteiger partial charge in [0.2, 0.25) is 0 Å². The number of methoxy groups -OCH3 is 2. The zero-order chi connectivity index (χ0) is 28.4. The molecule has 11 nitrogen and oxygen atoms in total. The quantitative estimate of drug-likeness (QED) is 0.249. The SMILES string of the molecule is COC(=O)C=C[C@H]1O[C@@H](n2cnc3c(NC(=O)c4ccccc4)ncnc32)[C@H](O[Si](C)(C)C(C)(C)C)[C@@H]1OC. The minimum absolute atomic E-state index is 0.0795.